The fourth-order valence-corrected chi connectivity index (χ4v) is 2.28. The maximum atomic E-state index is 5.58. The van der Waals surface area contributed by atoms with Crippen molar-refractivity contribution in [1.82, 2.24) is 4.90 Å². The van der Waals surface area contributed by atoms with Crippen molar-refractivity contribution >= 4 is 0 Å². The van der Waals surface area contributed by atoms with Crippen molar-refractivity contribution in [2.24, 2.45) is 11.7 Å². The Balaban J connectivity index is 1.66. The third kappa shape index (κ3) is 2.96. The van der Waals surface area contributed by atoms with E-state index in [2.05, 4.69) is 4.90 Å². The molecule has 2 fully saturated rings. The van der Waals surface area contributed by atoms with Gasteiger partial charge in [-0.2, -0.15) is 0 Å². The summed E-state index contributed by atoms with van der Waals surface area (Å²) in [5, 5.41) is 0. The fraction of sp³-hybridized carbons (Fsp3) is 1.00. The molecule has 82 valence electrons. The van der Waals surface area contributed by atoms with Gasteiger partial charge in [-0.1, -0.05) is 19.3 Å². The van der Waals surface area contributed by atoms with Crippen molar-refractivity contribution < 1.29 is 0 Å². The van der Waals surface area contributed by atoms with Gasteiger partial charge in [-0.25, -0.2) is 0 Å². The van der Waals surface area contributed by atoms with E-state index >= 15 is 0 Å². The second kappa shape index (κ2) is 5.13. The van der Waals surface area contributed by atoms with Crippen molar-refractivity contribution in [3.8, 4) is 0 Å². The van der Waals surface area contributed by atoms with E-state index in [4.69, 9.17) is 5.73 Å². The molecule has 2 N–H and O–H groups in total. The second-order valence-corrected chi connectivity index (χ2v) is 4.99. The number of hydrogen-bond acceptors (Lipinski definition) is 2. The van der Waals surface area contributed by atoms with Gasteiger partial charge in [0.1, 0.15) is 0 Å². The first-order valence-electron chi connectivity index (χ1n) is 6.34. The number of nitrogens with zero attached hydrogens (tertiary/aromatic N) is 1. The first-order valence-corrected chi connectivity index (χ1v) is 6.34. The van der Waals surface area contributed by atoms with Crippen LogP contribution in [0.3, 0.4) is 0 Å². The Kier molecular flexibility index (Phi) is 3.82. The van der Waals surface area contributed by atoms with Crippen LogP contribution in [0.1, 0.15) is 44.9 Å². The molecule has 0 saturated heterocycles. The highest BCUT2D eigenvalue weighted by Gasteiger charge is 2.27. The number of hydrogen-bond donors (Lipinski definition) is 1. The van der Waals surface area contributed by atoms with E-state index in [1.165, 1.54) is 58.0 Å². The van der Waals surface area contributed by atoms with E-state index in [1.807, 2.05) is 0 Å². The molecule has 0 aromatic carbocycles. The summed E-state index contributed by atoms with van der Waals surface area (Å²) < 4.78 is 0. The topological polar surface area (TPSA) is 29.3 Å². The van der Waals surface area contributed by atoms with Crippen molar-refractivity contribution in [2.75, 3.05) is 19.6 Å². The molecule has 0 atom stereocenters. The molecule has 0 spiro atoms. The minimum Gasteiger partial charge on any atom is -0.330 e. The summed E-state index contributed by atoms with van der Waals surface area (Å²) in [4.78, 5) is 2.70. The minimum atomic E-state index is 0.854. The van der Waals surface area contributed by atoms with E-state index in [9.17, 15) is 0 Å². The van der Waals surface area contributed by atoms with Gasteiger partial charge < -0.3 is 10.6 Å². The molecule has 0 heterocycles. The van der Waals surface area contributed by atoms with E-state index in [1.54, 1.807) is 0 Å². The van der Waals surface area contributed by atoms with Crippen LogP contribution in [0, 0.1) is 5.92 Å². The van der Waals surface area contributed by atoms with E-state index in [0.717, 1.165) is 18.5 Å². The van der Waals surface area contributed by atoms with Crippen LogP contribution in [0.2, 0.25) is 0 Å². The summed E-state index contributed by atoms with van der Waals surface area (Å²) in [7, 11) is 0. The van der Waals surface area contributed by atoms with Gasteiger partial charge >= 0.3 is 0 Å². The molecule has 2 nitrogen and oxygen atoms in total. The molecule has 2 saturated carbocycles. The summed E-state index contributed by atoms with van der Waals surface area (Å²) >= 11 is 0. The van der Waals surface area contributed by atoms with Gasteiger partial charge in [0.2, 0.25) is 0 Å². The van der Waals surface area contributed by atoms with Gasteiger partial charge in [-0.15, -0.1) is 0 Å². The smallest absolute Gasteiger partial charge is 0.00952 e. The molecule has 0 unspecified atom stereocenters. The maximum absolute atomic E-state index is 5.58. The zero-order chi connectivity index (χ0) is 9.80. The van der Waals surface area contributed by atoms with Crippen LogP contribution in [0.15, 0.2) is 0 Å². The maximum Gasteiger partial charge on any atom is 0.00952 e. The van der Waals surface area contributed by atoms with E-state index in [-0.39, 0.29) is 0 Å². The summed E-state index contributed by atoms with van der Waals surface area (Å²) in [5.41, 5.74) is 5.58. The predicted octanol–water partition coefficient (Wildman–Crippen LogP) is 1.99. The van der Waals surface area contributed by atoms with Crippen molar-refractivity contribution in [1.29, 1.82) is 0 Å². The molecule has 0 aromatic heterocycles. The van der Waals surface area contributed by atoms with Gasteiger partial charge in [0.15, 0.2) is 0 Å². The quantitative estimate of drug-likeness (QED) is 0.674. The Morgan fingerprint density at radius 2 is 1.86 bits per heavy atom. The van der Waals surface area contributed by atoms with Crippen LogP contribution in [0.4, 0.5) is 0 Å². The molecule has 2 aliphatic rings. The lowest BCUT2D eigenvalue weighted by Crippen LogP contribution is -2.41. The average Bonchev–Trinajstić information content (AvgIpc) is 2.89. The Hall–Kier alpha value is -0.0800. The molecule has 0 aromatic rings. The zero-order valence-electron chi connectivity index (χ0n) is 9.25. The molecule has 0 radical (unpaired) electrons. The van der Waals surface area contributed by atoms with Gasteiger partial charge in [0.05, 0.1) is 0 Å². The Labute approximate surface area is 87.8 Å². The second-order valence-electron chi connectivity index (χ2n) is 4.99. The highest BCUT2D eigenvalue weighted by atomic mass is 15.2. The SMILES string of the molecule is NCCCN(CCC1CC1)C1CCC1. The predicted molar refractivity (Wildman–Crippen MR) is 60.2 cm³/mol. The Morgan fingerprint density at radius 3 is 2.36 bits per heavy atom. The molecule has 2 heteroatoms. The highest BCUT2D eigenvalue weighted by Crippen LogP contribution is 2.33. The van der Waals surface area contributed by atoms with Crippen LogP contribution in [0.25, 0.3) is 0 Å². The standard InChI is InChI=1S/C12H24N2/c13-8-2-9-14(12-3-1-4-12)10-7-11-5-6-11/h11-12H,1-10,13H2. The van der Waals surface area contributed by atoms with Crippen molar-refractivity contribution in [2.45, 2.75) is 51.0 Å². The normalized spacial score (nSPS) is 22.7. The zero-order valence-corrected chi connectivity index (χ0v) is 9.25. The molecule has 0 amide bonds. The molecule has 0 bridgehead atoms. The lowest BCUT2D eigenvalue weighted by atomic mass is 9.91. The molecule has 14 heavy (non-hydrogen) atoms. The summed E-state index contributed by atoms with van der Waals surface area (Å²) in [6.07, 6.45) is 9.95. The van der Waals surface area contributed by atoms with Crippen LogP contribution in [0.5, 0.6) is 0 Å². The molecule has 0 aliphatic heterocycles. The first-order chi connectivity index (χ1) is 6.90. The largest absolute Gasteiger partial charge is 0.330 e. The molecular weight excluding hydrogens is 172 g/mol. The van der Waals surface area contributed by atoms with Crippen molar-refractivity contribution in [3.63, 3.8) is 0 Å². The molecule has 2 rings (SSSR count). The van der Waals surface area contributed by atoms with Crippen LogP contribution < -0.4 is 5.73 Å². The fourth-order valence-electron chi connectivity index (χ4n) is 2.28. The van der Waals surface area contributed by atoms with E-state index < -0.39 is 0 Å². The van der Waals surface area contributed by atoms with Gasteiger partial charge in [-0.3, -0.25) is 0 Å². The first kappa shape index (κ1) is 10.4. The number of nitrogens with two attached hydrogens (primary N) is 1. The minimum absolute atomic E-state index is 0.854. The summed E-state index contributed by atoms with van der Waals surface area (Å²) in [6, 6.07) is 0.917. The Bertz CT molecular complexity index is 162. The average molecular weight is 196 g/mol. The number of rotatable bonds is 7. The lowest BCUT2D eigenvalue weighted by Gasteiger charge is -2.37. The van der Waals surface area contributed by atoms with E-state index in [0.29, 0.717) is 0 Å². The lowest BCUT2D eigenvalue weighted by molar-refractivity contribution is 0.123. The summed E-state index contributed by atoms with van der Waals surface area (Å²) in [5.74, 6) is 1.08. The van der Waals surface area contributed by atoms with Gasteiger partial charge in [0, 0.05) is 6.04 Å². The van der Waals surface area contributed by atoms with Gasteiger partial charge in [0.25, 0.3) is 0 Å². The van der Waals surface area contributed by atoms with Crippen LogP contribution in [-0.2, 0) is 0 Å². The third-order valence-electron chi connectivity index (χ3n) is 3.76. The molecular formula is C12H24N2. The molecule has 2 aliphatic carbocycles. The highest BCUT2D eigenvalue weighted by molar-refractivity contribution is 4.82. The van der Waals surface area contributed by atoms with Gasteiger partial charge in [-0.05, 0) is 51.2 Å². The van der Waals surface area contributed by atoms with Crippen LogP contribution >= 0.6 is 0 Å². The summed E-state index contributed by atoms with van der Waals surface area (Å²) in [6.45, 7) is 3.44. The van der Waals surface area contributed by atoms with Crippen molar-refractivity contribution in [3.05, 3.63) is 0 Å². The monoisotopic (exact) mass is 196 g/mol. The van der Waals surface area contributed by atoms with Crippen LogP contribution in [-0.4, -0.2) is 30.6 Å². The third-order valence-corrected chi connectivity index (χ3v) is 3.76. The Morgan fingerprint density at radius 1 is 1.07 bits per heavy atom.